The Kier molecular flexibility index (Phi) is 21.9. The molecule has 4 aliphatic heterocycles. The van der Waals surface area contributed by atoms with Crippen molar-refractivity contribution in [3.63, 3.8) is 0 Å². The lowest BCUT2D eigenvalue weighted by atomic mass is 9.85. The molecule has 3 saturated heterocycles. The molecule has 0 spiro atoms. The van der Waals surface area contributed by atoms with Crippen LogP contribution in [0.4, 0.5) is 20.6 Å². The van der Waals surface area contributed by atoms with Crippen LogP contribution < -0.4 is 31.3 Å². The lowest BCUT2D eigenvalue weighted by Crippen LogP contribution is -2.58. The van der Waals surface area contributed by atoms with E-state index in [1.54, 1.807) is 57.4 Å². The number of nitrogens with two attached hydrogens (primary N) is 1. The highest BCUT2D eigenvalue weighted by molar-refractivity contribution is 6.24. The topological polar surface area (TPSA) is 290 Å². The minimum Gasteiger partial charge on any atom is -0.494 e. The lowest BCUT2D eigenvalue weighted by molar-refractivity contribution is -0.136. The number of rotatable bonds is 26. The smallest absolute Gasteiger partial charge is 0.410 e. The molecule has 460 valence electrons. The third-order valence-corrected chi connectivity index (χ3v) is 15.3. The number of aromatic nitrogens is 1. The molecule has 0 bridgehead atoms. The molecule has 3 fully saturated rings. The van der Waals surface area contributed by atoms with E-state index in [0.717, 1.165) is 42.2 Å². The van der Waals surface area contributed by atoms with Gasteiger partial charge in [-0.2, -0.15) is 0 Å². The van der Waals surface area contributed by atoms with Crippen molar-refractivity contribution in [1.82, 2.24) is 30.3 Å². The number of fused-ring (bicyclic) bond motifs is 1. The van der Waals surface area contributed by atoms with Gasteiger partial charge < -0.3 is 54.8 Å². The van der Waals surface area contributed by atoms with Crippen molar-refractivity contribution in [3.05, 3.63) is 119 Å². The highest BCUT2D eigenvalue weighted by atomic mass is 19.1. The first-order valence-corrected chi connectivity index (χ1v) is 29.3. The number of benzene rings is 3. The molecule has 6 N–H and O–H groups in total. The Morgan fingerprint density at radius 3 is 2.13 bits per heavy atom. The number of nitrogens with one attached hydrogen (secondary N) is 4. The van der Waals surface area contributed by atoms with E-state index in [-0.39, 0.29) is 72.2 Å². The summed E-state index contributed by atoms with van der Waals surface area (Å²) in [5, 5.41) is 17.5. The van der Waals surface area contributed by atoms with Gasteiger partial charge in [0.1, 0.15) is 29.0 Å². The molecule has 1 aromatic heterocycles. The summed E-state index contributed by atoms with van der Waals surface area (Å²) in [5.41, 5.74) is 7.62. The number of amides is 7. The van der Waals surface area contributed by atoms with Gasteiger partial charge in [0.05, 0.1) is 74.5 Å². The maximum atomic E-state index is 15.4. The lowest BCUT2D eigenvalue weighted by Gasteiger charge is -2.42. The van der Waals surface area contributed by atoms with E-state index in [1.807, 2.05) is 58.0 Å². The van der Waals surface area contributed by atoms with Crippen molar-refractivity contribution in [3.8, 4) is 5.75 Å². The summed E-state index contributed by atoms with van der Waals surface area (Å²) in [6, 6.07) is 19.0. The maximum absolute atomic E-state index is 15.4. The quantitative estimate of drug-likeness (QED) is 0.0197. The van der Waals surface area contributed by atoms with Crippen LogP contribution in [0.1, 0.15) is 134 Å². The number of amidine groups is 2. The van der Waals surface area contributed by atoms with Gasteiger partial charge in [-0.1, -0.05) is 24.6 Å². The number of piperazine rings is 1. The Morgan fingerprint density at radius 1 is 0.791 bits per heavy atom. The van der Waals surface area contributed by atoms with Gasteiger partial charge in [0.2, 0.25) is 17.7 Å². The first-order valence-electron chi connectivity index (χ1n) is 29.3. The van der Waals surface area contributed by atoms with Gasteiger partial charge in [-0.05, 0) is 126 Å². The van der Waals surface area contributed by atoms with Crippen molar-refractivity contribution < 1.29 is 61.6 Å². The fourth-order valence-corrected chi connectivity index (χ4v) is 10.5. The van der Waals surface area contributed by atoms with Crippen LogP contribution in [-0.2, 0) is 33.3 Å². The fourth-order valence-electron chi connectivity index (χ4n) is 10.5. The molecule has 1 unspecified atom stereocenters. The highest BCUT2D eigenvalue weighted by Crippen LogP contribution is 2.34. The first kappa shape index (κ1) is 63.7. The van der Waals surface area contributed by atoms with Gasteiger partial charge >= 0.3 is 6.09 Å². The molecule has 23 nitrogen and oxygen atoms in total. The molecule has 2 atom stereocenters. The summed E-state index contributed by atoms with van der Waals surface area (Å²) < 4.78 is 44.1. The minimum atomic E-state index is -1.15. The van der Waals surface area contributed by atoms with Crippen LogP contribution in [0, 0.1) is 11.2 Å². The number of likely N-dealkylation sites (tertiary alicyclic amines) is 1. The van der Waals surface area contributed by atoms with Gasteiger partial charge in [-0.15, -0.1) is 0 Å². The number of unbranched alkanes of at least 4 members (excludes halogenated alkanes) is 3. The number of hydrogen-bond donors (Lipinski definition) is 5. The van der Waals surface area contributed by atoms with Crippen LogP contribution >= 0.6 is 0 Å². The van der Waals surface area contributed by atoms with Crippen molar-refractivity contribution in [1.29, 1.82) is 5.41 Å². The average Bonchev–Trinajstić information content (AvgIpc) is 2.09. The van der Waals surface area contributed by atoms with Crippen LogP contribution in [0.2, 0.25) is 0 Å². The number of carbonyl (C=O) groups excluding carboxylic acids is 7. The van der Waals surface area contributed by atoms with Crippen LogP contribution in [0.25, 0.3) is 0 Å². The number of hydrogen-bond acceptors (Lipinski definition) is 16. The molecule has 86 heavy (non-hydrogen) atoms. The number of anilines is 2. The molecule has 3 aromatic carbocycles. The highest BCUT2D eigenvalue weighted by Gasteiger charge is 2.46. The zero-order chi connectivity index (χ0) is 61.4. The summed E-state index contributed by atoms with van der Waals surface area (Å²) in [6.07, 6.45) is 7.35. The number of imide groups is 2. The minimum absolute atomic E-state index is 0.000752. The van der Waals surface area contributed by atoms with Gasteiger partial charge in [0.25, 0.3) is 17.7 Å². The number of piperidine rings is 2. The van der Waals surface area contributed by atoms with Gasteiger partial charge in [-0.3, -0.25) is 49.4 Å². The summed E-state index contributed by atoms with van der Waals surface area (Å²) in [4.78, 5) is 104. The van der Waals surface area contributed by atoms with Crippen LogP contribution in [0.3, 0.4) is 0 Å². The molecule has 0 aliphatic carbocycles. The van der Waals surface area contributed by atoms with E-state index < -0.39 is 52.7 Å². The zero-order valence-electron chi connectivity index (χ0n) is 49.3. The summed E-state index contributed by atoms with van der Waals surface area (Å²) in [6.45, 7) is 12.2. The van der Waals surface area contributed by atoms with E-state index in [0.29, 0.717) is 114 Å². The third kappa shape index (κ3) is 17.0. The Labute approximate surface area is 500 Å². The normalized spacial score (nSPS) is 17.5. The van der Waals surface area contributed by atoms with Crippen molar-refractivity contribution >= 4 is 64.6 Å². The Balaban J connectivity index is 0.660. The SMILES string of the molecule is C[C@@H](NC(=O)c1cccc(NC2(C(N)=NC(=N)c3ccncc3)CCN(C(=O)OC(C)(C)C)CC2)c1)c1cccc(OCCCCCCOCCOCCOCCC(=O)N2CCN(c3cc4c(cc3F)C(=O)N(C3CCC(=O)NC3=O)C4=O)CC2)c1. The van der Waals surface area contributed by atoms with Gasteiger partial charge in [-0.25, -0.2) is 14.2 Å². The largest absolute Gasteiger partial charge is 0.494 e. The van der Waals surface area contributed by atoms with E-state index in [2.05, 4.69) is 25.9 Å². The predicted octanol–water partition coefficient (Wildman–Crippen LogP) is 6.41. The molecule has 4 aromatic rings. The monoisotopic (exact) mass is 1190 g/mol. The number of carbonyl (C=O) groups is 7. The number of ether oxygens (including phenoxy) is 5. The molecule has 24 heteroatoms. The van der Waals surface area contributed by atoms with Crippen LogP contribution in [0.15, 0.2) is 90.2 Å². The van der Waals surface area contributed by atoms with Gasteiger partial charge in [0, 0.05) is 81.5 Å². The van der Waals surface area contributed by atoms with Crippen molar-refractivity contribution in [2.45, 2.75) is 109 Å². The maximum Gasteiger partial charge on any atom is 0.410 e. The second kappa shape index (κ2) is 29.6. The van der Waals surface area contributed by atoms with E-state index in [9.17, 15) is 33.6 Å². The molecule has 5 heterocycles. The average molecular weight is 1190 g/mol. The first-order chi connectivity index (χ1) is 41.3. The molecule has 0 radical (unpaired) electrons. The molecule has 8 rings (SSSR count). The number of pyridine rings is 1. The molecule has 7 amide bonds. The fraction of sp³-hybridized carbons (Fsp3) is 0.484. The summed E-state index contributed by atoms with van der Waals surface area (Å²) >= 11 is 0. The second-order valence-corrected chi connectivity index (χ2v) is 22.6. The summed E-state index contributed by atoms with van der Waals surface area (Å²) in [7, 11) is 0. The standard InChI is InChI=1S/C62H78FN11O12/c1-41(67-55(77)44-12-9-13-45(37-44)70-62(59(65)69-54(64)42-17-22-66-23-18-42)20-24-73(25-21-62)60(81)86-61(2,3)4)43-11-10-14-46(38-43)85-31-8-6-5-7-30-82-33-35-84-36-34-83-32-19-53(76)72-28-26-71(27-29-72)51-40-48-47(39-49(51)63)57(79)74(58(48)80)50-15-16-52(75)68-56(50)78/h9-14,17-18,22-23,37-41,50,70H,5-8,15-16,19-21,24-36H2,1-4H3,(H,67,77)(H3,64,65,69)(H,68,75,78)/t41-,50?/m1/s1. The van der Waals surface area contributed by atoms with Crippen LogP contribution in [0.5, 0.6) is 5.75 Å². The van der Waals surface area contributed by atoms with Crippen molar-refractivity contribution in [2.24, 2.45) is 10.7 Å². The van der Waals surface area contributed by atoms with E-state index >= 15 is 4.39 Å². The number of halogens is 1. The third-order valence-electron chi connectivity index (χ3n) is 15.3. The van der Waals surface area contributed by atoms with Crippen molar-refractivity contribution in [2.75, 3.05) is 95.7 Å². The number of nitrogens with zero attached hydrogens (tertiary/aromatic N) is 6. The molecular weight excluding hydrogens is 1110 g/mol. The Morgan fingerprint density at radius 2 is 1.44 bits per heavy atom. The Bertz CT molecular complexity index is 3120. The number of aliphatic imine (C=N–C) groups is 1. The Hall–Kier alpha value is -8.35. The molecule has 0 saturated carbocycles. The van der Waals surface area contributed by atoms with Crippen LogP contribution in [-0.4, -0.2) is 176 Å². The van der Waals surface area contributed by atoms with E-state index in [1.165, 1.54) is 6.07 Å². The van der Waals surface area contributed by atoms with Gasteiger partial charge in [0.15, 0.2) is 5.84 Å². The van der Waals surface area contributed by atoms with E-state index in [4.69, 9.17) is 34.8 Å². The summed E-state index contributed by atoms with van der Waals surface area (Å²) in [5.74, 6) is -2.92. The zero-order valence-corrected chi connectivity index (χ0v) is 49.3. The second-order valence-electron chi connectivity index (χ2n) is 22.6. The molecular formula is C62H78FN11O12. The predicted molar refractivity (Wildman–Crippen MR) is 318 cm³/mol. The molecule has 4 aliphatic rings.